The highest BCUT2D eigenvalue weighted by Crippen LogP contribution is 2.08. The van der Waals surface area contributed by atoms with Gasteiger partial charge in [0.15, 0.2) is 11.2 Å². The molecule has 17 heavy (non-hydrogen) atoms. The number of rotatable bonds is 6. The number of alkyl halides is 1. The minimum absolute atomic E-state index is 0.230. The Morgan fingerprint density at radius 3 is 2.53 bits per heavy atom. The van der Waals surface area contributed by atoms with E-state index < -0.39 is 11.3 Å². The number of hydrogen-bond acceptors (Lipinski definition) is 3. The minimum Gasteiger partial charge on any atom is -0.465 e. The van der Waals surface area contributed by atoms with Crippen LogP contribution in [0, 0.1) is 0 Å². The van der Waals surface area contributed by atoms with Crippen molar-refractivity contribution >= 4 is 23.4 Å². The van der Waals surface area contributed by atoms with Gasteiger partial charge < -0.3 is 4.74 Å². The molecule has 0 saturated carbocycles. The van der Waals surface area contributed by atoms with Crippen molar-refractivity contribution in [3.8, 4) is 0 Å². The highest BCUT2D eigenvalue weighted by atomic mass is 35.5. The van der Waals surface area contributed by atoms with Crippen molar-refractivity contribution in [2.75, 3.05) is 6.61 Å². The molecule has 1 atom stereocenters. The van der Waals surface area contributed by atoms with Gasteiger partial charge in [-0.3, -0.25) is 4.79 Å². The van der Waals surface area contributed by atoms with Crippen molar-refractivity contribution in [3.63, 3.8) is 0 Å². The Morgan fingerprint density at radius 1 is 1.29 bits per heavy atom. The fraction of sp³-hybridized carbons (Fsp3) is 0.385. The Bertz CT molecular complexity index is 376. The van der Waals surface area contributed by atoms with Crippen LogP contribution in [0.2, 0.25) is 0 Å². The first-order valence-electron chi connectivity index (χ1n) is 5.52. The first kappa shape index (κ1) is 13.7. The van der Waals surface area contributed by atoms with Gasteiger partial charge in [0.2, 0.25) is 0 Å². The lowest BCUT2D eigenvalue weighted by Gasteiger charge is -2.07. The van der Waals surface area contributed by atoms with E-state index in [1.54, 1.807) is 6.92 Å². The number of ether oxygens (including phenoxy) is 1. The quantitative estimate of drug-likeness (QED) is 0.445. The number of benzene rings is 1. The van der Waals surface area contributed by atoms with Crippen molar-refractivity contribution in [2.24, 2.45) is 0 Å². The van der Waals surface area contributed by atoms with Crippen molar-refractivity contribution < 1.29 is 14.3 Å². The molecule has 0 aliphatic rings. The summed E-state index contributed by atoms with van der Waals surface area (Å²) in [5, 5.41) is -1.18. The summed E-state index contributed by atoms with van der Waals surface area (Å²) in [7, 11) is 0. The molecule has 0 aromatic heterocycles. The van der Waals surface area contributed by atoms with Crippen LogP contribution in [-0.2, 0) is 20.7 Å². The fourth-order valence-electron chi connectivity index (χ4n) is 1.39. The van der Waals surface area contributed by atoms with E-state index in [-0.39, 0.29) is 18.8 Å². The third kappa shape index (κ3) is 4.57. The highest BCUT2D eigenvalue weighted by molar-refractivity contribution is 6.41. The van der Waals surface area contributed by atoms with E-state index in [0.717, 1.165) is 5.56 Å². The Morgan fingerprint density at radius 2 is 1.94 bits per heavy atom. The van der Waals surface area contributed by atoms with Crippen molar-refractivity contribution in [1.82, 2.24) is 0 Å². The second-order valence-corrected chi connectivity index (χ2v) is 4.00. The molecule has 0 aliphatic carbocycles. The number of Topliss-reactive ketones (excluding diaryl/α,β-unsaturated/α-hetero) is 1. The molecule has 0 aliphatic heterocycles. The van der Waals surface area contributed by atoms with Crippen LogP contribution in [0.15, 0.2) is 30.3 Å². The van der Waals surface area contributed by atoms with E-state index in [2.05, 4.69) is 4.74 Å². The Hall–Kier alpha value is -1.35. The van der Waals surface area contributed by atoms with Crippen LogP contribution >= 0.6 is 11.6 Å². The maximum absolute atomic E-state index is 11.6. The number of carbonyl (C=O) groups is 2. The lowest BCUT2D eigenvalue weighted by Crippen LogP contribution is -2.27. The molecule has 4 heteroatoms. The average Bonchev–Trinajstić information content (AvgIpc) is 2.36. The maximum Gasteiger partial charge on any atom is 0.331 e. The molecule has 0 bridgehead atoms. The van der Waals surface area contributed by atoms with E-state index in [9.17, 15) is 9.59 Å². The molecule has 0 heterocycles. The van der Waals surface area contributed by atoms with E-state index in [4.69, 9.17) is 11.6 Å². The monoisotopic (exact) mass is 254 g/mol. The lowest BCUT2D eigenvalue weighted by atomic mass is 10.1. The molecular formula is C13H15ClO3. The highest BCUT2D eigenvalue weighted by Gasteiger charge is 2.24. The van der Waals surface area contributed by atoms with Crippen LogP contribution in [0.5, 0.6) is 0 Å². The molecule has 0 spiro atoms. The predicted octanol–water partition coefficient (Wildman–Crippen LogP) is 2.36. The van der Waals surface area contributed by atoms with Gasteiger partial charge in [0.05, 0.1) is 6.61 Å². The van der Waals surface area contributed by atoms with Gasteiger partial charge in [-0.1, -0.05) is 30.3 Å². The minimum atomic E-state index is -1.18. The fourth-order valence-corrected chi connectivity index (χ4v) is 1.56. The van der Waals surface area contributed by atoms with Gasteiger partial charge in [0.1, 0.15) is 0 Å². The molecule has 92 valence electrons. The molecule has 1 aromatic rings. The number of ketones is 1. The number of esters is 1. The number of hydrogen-bond donors (Lipinski definition) is 0. The lowest BCUT2D eigenvalue weighted by molar-refractivity contribution is -0.145. The Kier molecular flexibility index (Phi) is 5.70. The zero-order valence-electron chi connectivity index (χ0n) is 9.69. The van der Waals surface area contributed by atoms with E-state index in [1.165, 1.54) is 0 Å². The van der Waals surface area contributed by atoms with Gasteiger partial charge in [0, 0.05) is 6.42 Å². The van der Waals surface area contributed by atoms with E-state index in [1.807, 2.05) is 30.3 Å². The molecule has 3 nitrogen and oxygen atoms in total. The summed E-state index contributed by atoms with van der Waals surface area (Å²) >= 11 is 5.70. The van der Waals surface area contributed by atoms with Gasteiger partial charge in [0.25, 0.3) is 0 Å². The van der Waals surface area contributed by atoms with Crippen LogP contribution in [0.25, 0.3) is 0 Å². The zero-order valence-corrected chi connectivity index (χ0v) is 10.4. The first-order chi connectivity index (χ1) is 8.15. The van der Waals surface area contributed by atoms with Gasteiger partial charge in [-0.05, 0) is 18.9 Å². The number of halogens is 1. The summed E-state index contributed by atoms with van der Waals surface area (Å²) in [5.41, 5.74) is 1.05. The Balaban J connectivity index is 2.42. The van der Waals surface area contributed by atoms with Gasteiger partial charge in [-0.25, -0.2) is 4.79 Å². The van der Waals surface area contributed by atoms with Crippen LogP contribution in [0.4, 0.5) is 0 Å². The molecule has 1 aromatic carbocycles. The smallest absolute Gasteiger partial charge is 0.331 e. The third-order valence-corrected chi connectivity index (χ3v) is 2.70. The van der Waals surface area contributed by atoms with Gasteiger partial charge >= 0.3 is 5.97 Å². The zero-order chi connectivity index (χ0) is 12.7. The van der Waals surface area contributed by atoms with E-state index in [0.29, 0.717) is 6.42 Å². The number of aryl methyl sites for hydroxylation is 1. The van der Waals surface area contributed by atoms with Crippen molar-refractivity contribution in [2.45, 2.75) is 25.1 Å². The average molecular weight is 255 g/mol. The van der Waals surface area contributed by atoms with Crippen molar-refractivity contribution in [3.05, 3.63) is 35.9 Å². The van der Waals surface area contributed by atoms with Crippen LogP contribution < -0.4 is 0 Å². The molecular weight excluding hydrogens is 240 g/mol. The summed E-state index contributed by atoms with van der Waals surface area (Å²) in [5.74, 6) is -0.957. The Labute approximate surface area is 106 Å². The molecule has 0 radical (unpaired) electrons. The van der Waals surface area contributed by atoms with Gasteiger partial charge in [-0.2, -0.15) is 0 Å². The summed E-state index contributed by atoms with van der Waals surface area (Å²) in [6, 6.07) is 9.59. The largest absolute Gasteiger partial charge is 0.465 e. The maximum atomic E-state index is 11.6. The normalized spacial score (nSPS) is 11.9. The third-order valence-electron chi connectivity index (χ3n) is 2.28. The summed E-state index contributed by atoms with van der Waals surface area (Å²) < 4.78 is 4.69. The molecule has 0 saturated heterocycles. The molecule has 0 amide bonds. The second kappa shape index (κ2) is 7.07. The SMILES string of the molecule is CCOC(=O)[C@@H](Cl)C(=O)CCc1ccccc1. The second-order valence-electron chi connectivity index (χ2n) is 3.57. The molecule has 1 rings (SSSR count). The van der Waals surface area contributed by atoms with Crippen LogP contribution in [0.3, 0.4) is 0 Å². The number of carbonyl (C=O) groups excluding carboxylic acids is 2. The van der Waals surface area contributed by atoms with Crippen molar-refractivity contribution in [1.29, 1.82) is 0 Å². The van der Waals surface area contributed by atoms with Crippen LogP contribution in [-0.4, -0.2) is 23.7 Å². The predicted molar refractivity (Wildman–Crippen MR) is 66.0 cm³/mol. The summed E-state index contributed by atoms with van der Waals surface area (Å²) in [6.07, 6.45) is 0.833. The topological polar surface area (TPSA) is 43.4 Å². The van der Waals surface area contributed by atoms with Crippen LogP contribution in [0.1, 0.15) is 18.9 Å². The summed E-state index contributed by atoms with van der Waals surface area (Å²) in [6.45, 7) is 1.91. The molecule has 0 N–H and O–H groups in total. The summed E-state index contributed by atoms with van der Waals surface area (Å²) in [4.78, 5) is 22.8. The molecule has 0 fully saturated rings. The molecule has 0 unspecified atom stereocenters. The van der Waals surface area contributed by atoms with Gasteiger partial charge in [-0.15, -0.1) is 11.6 Å². The standard InChI is InChI=1S/C13H15ClO3/c1-2-17-13(16)12(14)11(15)9-8-10-6-4-3-5-7-10/h3-7,12H,2,8-9H2,1H3/t12-/m0/s1. The van der Waals surface area contributed by atoms with E-state index >= 15 is 0 Å². The first-order valence-corrected chi connectivity index (χ1v) is 5.96.